The number of nitrogens with zero attached hydrogens (tertiary/aromatic N) is 2. The molecule has 0 aliphatic heterocycles. The first kappa shape index (κ1) is 23.0. The minimum Gasteiger partial charge on any atom is -0.385 e. The van der Waals surface area contributed by atoms with E-state index in [1.807, 2.05) is 18.4 Å². The van der Waals surface area contributed by atoms with Crippen LogP contribution in [0.1, 0.15) is 35.8 Å². The lowest BCUT2D eigenvalue weighted by Crippen LogP contribution is -2.42. The van der Waals surface area contributed by atoms with Crippen LogP contribution >= 0.6 is 11.3 Å². The molecule has 0 aliphatic carbocycles. The third-order valence-electron chi connectivity index (χ3n) is 4.70. The molecule has 0 N–H and O–H groups in total. The van der Waals surface area contributed by atoms with Crippen molar-refractivity contribution in [2.75, 3.05) is 26.8 Å². The Bertz CT molecular complexity index is 792. The second-order valence-electron chi connectivity index (χ2n) is 6.92. The minimum atomic E-state index is -0.307. The monoisotopic (exact) mass is 420 g/mol. The smallest absolute Gasteiger partial charge is 0.242 e. The van der Waals surface area contributed by atoms with Crippen molar-refractivity contribution in [2.24, 2.45) is 0 Å². The largest absolute Gasteiger partial charge is 0.385 e. The average Bonchev–Trinajstić information content (AvgIpc) is 3.12. The van der Waals surface area contributed by atoms with Gasteiger partial charge in [-0.05, 0) is 48.1 Å². The van der Waals surface area contributed by atoms with Gasteiger partial charge in [-0.3, -0.25) is 9.59 Å². The van der Waals surface area contributed by atoms with Gasteiger partial charge in [0.1, 0.15) is 5.82 Å². The van der Waals surface area contributed by atoms with Crippen LogP contribution in [0.2, 0.25) is 0 Å². The summed E-state index contributed by atoms with van der Waals surface area (Å²) in [6.45, 7) is 5.69. The number of methoxy groups -OCH3 is 1. The summed E-state index contributed by atoms with van der Waals surface area (Å²) in [4.78, 5) is 29.9. The maximum absolute atomic E-state index is 13.3. The predicted octanol–water partition coefficient (Wildman–Crippen LogP) is 4.00. The van der Waals surface area contributed by atoms with Crippen molar-refractivity contribution in [2.45, 2.75) is 39.8 Å². The lowest BCUT2D eigenvalue weighted by molar-refractivity contribution is -0.141. The van der Waals surface area contributed by atoms with Crippen LogP contribution in [-0.4, -0.2) is 48.4 Å². The van der Waals surface area contributed by atoms with E-state index in [0.29, 0.717) is 39.1 Å². The number of ether oxygens (including phenoxy) is 1. The van der Waals surface area contributed by atoms with Crippen molar-refractivity contribution < 1.29 is 18.7 Å². The Kier molecular flexibility index (Phi) is 9.28. The standard InChI is InChI=1S/C22H29FN2O3S/c1-4-21(26)24(11-5-12-28-3)16-22(27)25(15-20-17(2)10-13-29-20)14-18-6-8-19(23)9-7-18/h6-10,13H,4-5,11-12,14-16H2,1-3H3. The number of thiophene rings is 1. The fraction of sp³-hybridized carbons (Fsp3) is 0.455. The van der Waals surface area contributed by atoms with Gasteiger partial charge in [-0.1, -0.05) is 19.1 Å². The van der Waals surface area contributed by atoms with E-state index >= 15 is 0 Å². The van der Waals surface area contributed by atoms with Crippen LogP contribution in [-0.2, 0) is 27.4 Å². The number of halogens is 1. The Labute approximate surface area is 176 Å². The molecule has 1 aromatic carbocycles. The molecule has 7 heteroatoms. The summed E-state index contributed by atoms with van der Waals surface area (Å²) >= 11 is 1.60. The van der Waals surface area contributed by atoms with Gasteiger partial charge >= 0.3 is 0 Å². The second kappa shape index (κ2) is 11.7. The molecule has 2 rings (SSSR count). The zero-order valence-corrected chi connectivity index (χ0v) is 18.1. The molecule has 1 aromatic heterocycles. The van der Waals surface area contributed by atoms with Crippen molar-refractivity contribution in [1.82, 2.24) is 9.80 Å². The summed E-state index contributed by atoms with van der Waals surface area (Å²) in [5.41, 5.74) is 1.98. The van der Waals surface area contributed by atoms with Crippen LogP contribution in [0.25, 0.3) is 0 Å². The first-order valence-electron chi connectivity index (χ1n) is 9.76. The summed E-state index contributed by atoms with van der Waals surface area (Å²) in [5, 5.41) is 2.00. The van der Waals surface area contributed by atoms with Gasteiger partial charge < -0.3 is 14.5 Å². The molecule has 0 spiro atoms. The van der Waals surface area contributed by atoms with E-state index < -0.39 is 0 Å². The first-order chi connectivity index (χ1) is 13.9. The van der Waals surface area contributed by atoms with E-state index in [0.717, 1.165) is 16.0 Å². The predicted molar refractivity (Wildman–Crippen MR) is 113 cm³/mol. The highest BCUT2D eigenvalue weighted by Crippen LogP contribution is 2.20. The molecule has 2 amide bonds. The third-order valence-corrected chi connectivity index (χ3v) is 5.71. The fourth-order valence-corrected chi connectivity index (χ4v) is 3.88. The molecule has 29 heavy (non-hydrogen) atoms. The van der Waals surface area contributed by atoms with E-state index in [1.165, 1.54) is 12.1 Å². The Morgan fingerprint density at radius 1 is 1.07 bits per heavy atom. The topological polar surface area (TPSA) is 49.9 Å². The van der Waals surface area contributed by atoms with Crippen molar-refractivity contribution >= 4 is 23.2 Å². The average molecular weight is 421 g/mol. The normalized spacial score (nSPS) is 10.8. The van der Waals surface area contributed by atoms with Gasteiger partial charge in [0, 0.05) is 38.1 Å². The zero-order valence-electron chi connectivity index (χ0n) is 17.3. The van der Waals surface area contributed by atoms with Crippen molar-refractivity contribution in [1.29, 1.82) is 0 Å². The molecule has 2 aromatic rings. The third kappa shape index (κ3) is 7.25. The molecule has 0 fully saturated rings. The van der Waals surface area contributed by atoms with Crippen molar-refractivity contribution in [3.63, 3.8) is 0 Å². The Morgan fingerprint density at radius 2 is 1.79 bits per heavy atom. The van der Waals surface area contributed by atoms with E-state index in [9.17, 15) is 14.0 Å². The Balaban J connectivity index is 2.15. The summed E-state index contributed by atoms with van der Waals surface area (Å²) in [6.07, 6.45) is 1.03. The Hall–Kier alpha value is -2.25. The number of carbonyl (C=O) groups is 2. The summed E-state index contributed by atoms with van der Waals surface area (Å²) in [5.74, 6) is -0.483. The molecule has 0 saturated carbocycles. The number of amides is 2. The molecule has 0 bridgehead atoms. The Morgan fingerprint density at radius 3 is 2.38 bits per heavy atom. The lowest BCUT2D eigenvalue weighted by Gasteiger charge is -2.28. The molecule has 5 nitrogen and oxygen atoms in total. The molecular weight excluding hydrogens is 391 g/mol. The highest BCUT2D eigenvalue weighted by atomic mass is 32.1. The van der Waals surface area contributed by atoms with Gasteiger partial charge in [0.25, 0.3) is 0 Å². The van der Waals surface area contributed by atoms with Crippen molar-refractivity contribution in [3.8, 4) is 0 Å². The van der Waals surface area contributed by atoms with E-state index in [-0.39, 0.29) is 24.2 Å². The molecule has 0 radical (unpaired) electrons. The molecule has 0 unspecified atom stereocenters. The quantitative estimate of drug-likeness (QED) is 0.516. The molecule has 0 saturated heterocycles. The highest BCUT2D eigenvalue weighted by Gasteiger charge is 2.21. The van der Waals surface area contributed by atoms with E-state index in [4.69, 9.17) is 4.74 Å². The maximum Gasteiger partial charge on any atom is 0.242 e. The molecule has 1 heterocycles. The summed E-state index contributed by atoms with van der Waals surface area (Å²) in [7, 11) is 1.62. The maximum atomic E-state index is 13.3. The molecular formula is C22H29FN2O3S. The van der Waals surface area contributed by atoms with Gasteiger partial charge in [-0.25, -0.2) is 4.39 Å². The van der Waals surface area contributed by atoms with Crippen molar-refractivity contribution in [3.05, 3.63) is 57.5 Å². The first-order valence-corrected chi connectivity index (χ1v) is 10.6. The van der Waals surface area contributed by atoms with Gasteiger partial charge in [0.2, 0.25) is 11.8 Å². The number of aryl methyl sites for hydroxylation is 1. The van der Waals surface area contributed by atoms with Crippen LogP contribution in [0.3, 0.4) is 0 Å². The second-order valence-corrected chi connectivity index (χ2v) is 7.92. The van der Waals surface area contributed by atoms with Crippen LogP contribution in [0.15, 0.2) is 35.7 Å². The van der Waals surface area contributed by atoms with Gasteiger partial charge in [-0.15, -0.1) is 11.3 Å². The summed E-state index contributed by atoms with van der Waals surface area (Å²) < 4.78 is 18.3. The number of rotatable bonds is 11. The van der Waals surface area contributed by atoms with Crippen LogP contribution in [0, 0.1) is 12.7 Å². The van der Waals surface area contributed by atoms with Gasteiger partial charge in [0.05, 0.1) is 13.1 Å². The molecule has 0 aliphatic rings. The number of benzene rings is 1. The van der Waals surface area contributed by atoms with Gasteiger partial charge in [-0.2, -0.15) is 0 Å². The number of carbonyl (C=O) groups excluding carboxylic acids is 2. The molecule has 0 atom stereocenters. The SMILES string of the molecule is CCC(=O)N(CCCOC)CC(=O)N(Cc1ccc(F)cc1)Cc1sccc1C. The minimum absolute atomic E-state index is 0.0298. The molecule has 158 valence electrons. The highest BCUT2D eigenvalue weighted by molar-refractivity contribution is 7.10. The van der Waals surface area contributed by atoms with E-state index in [2.05, 4.69) is 0 Å². The lowest BCUT2D eigenvalue weighted by atomic mass is 10.2. The van der Waals surface area contributed by atoms with Crippen LogP contribution in [0.5, 0.6) is 0 Å². The van der Waals surface area contributed by atoms with Crippen LogP contribution in [0.4, 0.5) is 4.39 Å². The van der Waals surface area contributed by atoms with Crippen LogP contribution < -0.4 is 0 Å². The van der Waals surface area contributed by atoms with Gasteiger partial charge in [0.15, 0.2) is 0 Å². The summed E-state index contributed by atoms with van der Waals surface area (Å²) in [6, 6.07) is 8.19. The fourth-order valence-electron chi connectivity index (χ4n) is 2.96. The zero-order chi connectivity index (χ0) is 21.2. The van der Waals surface area contributed by atoms with E-state index in [1.54, 1.807) is 47.3 Å². The number of hydrogen-bond acceptors (Lipinski definition) is 4. The number of hydrogen-bond donors (Lipinski definition) is 0.